The summed E-state index contributed by atoms with van der Waals surface area (Å²) >= 11 is 0. The van der Waals surface area contributed by atoms with Crippen LogP contribution in [0.25, 0.3) is 0 Å². The number of hydrogen-bond acceptors (Lipinski definition) is 30. The smallest absolute Gasteiger partial charge is 0.410 e. The van der Waals surface area contributed by atoms with Gasteiger partial charge in [-0.05, 0) is 304 Å². The number of likely N-dealkylation sites (N-methyl/N-ethyl adjacent to an activating group) is 2. The number of likely N-dealkylation sites (tertiary alicyclic amines) is 6. The number of ether oxygens (including phenoxy) is 11. The number of phenols is 3. The molecule has 23 atom stereocenters. The van der Waals surface area contributed by atoms with Gasteiger partial charge in [-0.2, -0.15) is 0 Å². The zero-order valence-corrected chi connectivity index (χ0v) is 85.1. The Kier molecular flexibility index (Phi) is 20.2. The van der Waals surface area contributed by atoms with Gasteiger partial charge in [0.05, 0.1) is 78.2 Å². The van der Waals surface area contributed by atoms with Crippen molar-refractivity contribution in [3.05, 3.63) is 223 Å². The van der Waals surface area contributed by atoms with Crippen LogP contribution in [0.4, 0.5) is 4.79 Å². The largest absolute Gasteiger partial charge is 0.504 e. The number of aliphatic hydroxyl groups is 5. The van der Waals surface area contributed by atoms with Crippen molar-refractivity contribution < 1.29 is 122 Å². The summed E-state index contributed by atoms with van der Waals surface area (Å²) in [5.41, 5.74) is 7.50. The molecular formula is C119H126N6O25. The summed E-state index contributed by atoms with van der Waals surface area (Å²) in [4.78, 5) is 89.8. The van der Waals surface area contributed by atoms with Crippen LogP contribution in [0, 0.1) is 11.8 Å². The Hall–Kier alpha value is -11.9. The maximum atomic E-state index is 12.8. The van der Waals surface area contributed by atoms with Crippen LogP contribution in [0.2, 0.25) is 0 Å². The number of rotatable bonds is 12. The Morgan fingerprint density at radius 1 is 0.387 bits per heavy atom. The van der Waals surface area contributed by atoms with Crippen molar-refractivity contribution in [1.29, 1.82) is 0 Å². The minimum atomic E-state index is -1.41. The van der Waals surface area contributed by atoms with Gasteiger partial charge in [0.15, 0.2) is 135 Å². The van der Waals surface area contributed by atoms with E-state index >= 15 is 0 Å². The molecule has 31 heteroatoms. The highest BCUT2D eigenvalue weighted by molar-refractivity contribution is 6.01. The maximum absolute atomic E-state index is 12.8. The van der Waals surface area contributed by atoms with Gasteiger partial charge in [0.2, 0.25) is 0 Å². The molecule has 6 aromatic carbocycles. The van der Waals surface area contributed by atoms with E-state index in [2.05, 4.69) is 61.9 Å². The molecule has 5 unspecified atom stereocenters. The topological polar surface area (TPSA) is 385 Å². The van der Waals surface area contributed by atoms with Crippen molar-refractivity contribution in [2.24, 2.45) is 11.8 Å². The maximum Gasteiger partial charge on any atom is 0.410 e. The molecule has 12 bridgehead atoms. The van der Waals surface area contributed by atoms with Crippen LogP contribution in [-0.2, 0) is 104 Å². The molecule has 16 aliphatic carbocycles. The van der Waals surface area contributed by atoms with E-state index in [1.54, 1.807) is 69.8 Å². The van der Waals surface area contributed by atoms with E-state index in [-0.39, 0.29) is 81.9 Å². The summed E-state index contributed by atoms with van der Waals surface area (Å²) in [5, 5.41) is 90.4. The van der Waals surface area contributed by atoms with E-state index in [4.69, 9.17) is 52.1 Å². The number of piperidine rings is 6. The van der Waals surface area contributed by atoms with E-state index in [1.165, 1.54) is 66.2 Å². The van der Waals surface area contributed by atoms with Crippen molar-refractivity contribution in [2.75, 3.05) is 108 Å². The standard InChI is InChI=1S/C22H21NO6.2C20H23NO4.C20H19NO4.C19H21NO3.C18H19NO4/c1-27-15-5-4-13-10-16-22(26)7-6-14(24)19-21(22,17(13)18(15)29-19)8-9-23(16)20(25)28-11-12-2-3-12;3*22-13-4-3-12-9-15-20(24)6-5-14(23)18-19(20,16(12)17(13)25-18)7-8-21(15)10-11-1-2-11;1-20-9-8-19-12-5-7-15(22-3)18(19)23-17-14(21-2)6-4-11(16(17)19)10-13(12)20;1-19-8-7-17-14-10-3-4-12(22-2)15(14)23-16(17)11(20)5-6-18(17,21)13(19)9-10/h2,4-7,16,19,26H,3,8-11H2,1H3;2*3-4,11,15,18,22,24H,1-2,5-10H2;1,3-6,15,18,22,24H,2,7-10H2;4-7,13,18H,8-10H2,1-3H3;3-6,13,16,21H,7-9H2,1-2H3/t16-,19+,21+,22?;3*15-,18+,19+,20?;13-,18+,19+;13-,16+,17+,18?/m111111/s1. The highest BCUT2D eigenvalue weighted by Crippen LogP contribution is 2.73. The van der Waals surface area contributed by atoms with Crippen molar-refractivity contribution in [3.63, 3.8) is 0 Å². The Morgan fingerprint density at radius 2 is 0.773 bits per heavy atom. The SMILES string of the molecule is COC1=CC=C2[C@H]3Cc4ccc(OC)c5c4[C@@]2(CCN3C)[C@H]1O5.COc1ccc2c3c1O[C@H]1C(=O)C=CC4(O)[C@@H](C2)N(C(=O)OCC2=CC2)CC[C@]314.COc1ccc2c3c1O[C@H]1C(=O)C=CC4(O)[C@@H](C2)N(C)CC[C@]314.O=C1C=CC2(O)[C@H]3Cc4ccc(O)c5c4[C@@]2(CCN3CC2=CC2)[C@H]1O5.O=C1CCC2(O)[C@H]3Cc4ccc(O)c5c4[C@@]2(CCN3CC2CC2)[C@H]1O5.O=C1CCC2(O)[C@H]3Cc4ccc(O)c5c4[C@@]2(CCN3CC2CC2)[C@H]1O5. The van der Waals surface area contributed by atoms with Gasteiger partial charge in [0.1, 0.15) is 29.2 Å². The molecule has 34 rings (SSSR count). The lowest BCUT2D eigenvalue weighted by molar-refractivity contribution is -0.188. The van der Waals surface area contributed by atoms with Crippen molar-refractivity contribution >= 4 is 35.0 Å². The van der Waals surface area contributed by atoms with Crippen molar-refractivity contribution in [3.8, 4) is 69.0 Å². The normalized spacial score (nSPS) is 38.4. The summed E-state index contributed by atoms with van der Waals surface area (Å²) in [6.45, 7) is 8.21. The molecule has 782 valence electrons. The third-order valence-electron chi connectivity index (χ3n) is 41.7. The molecule has 1 amide bonds. The molecule has 4 saturated carbocycles. The van der Waals surface area contributed by atoms with Crippen LogP contribution in [0.15, 0.2) is 156 Å². The van der Waals surface area contributed by atoms with E-state index < -0.39 is 97.7 Å². The molecule has 12 heterocycles. The van der Waals surface area contributed by atoms with Crippen LogP contribution in [0.5, 0.6) is 69.0 Å². The lowest BCUT2D eigenvalue weighted by Gasteiger charge is -2.62. The number of hydrogen-bond donors (Lipinski definition) is 8. The zero-order chi connectivity index (χ0) is 103. The highest BCUT2D eigenvalue weighted by Gasteiger charge is 2.80. The third-order valence-corrected chi connectivity index (χ3v) is 41.7. The summed E-state index contributed by atoms with van der Waals surface area (Å²) in [6, 6.07) is 22.8. The molecule has 6 saturated heterocycles. The summed E-state index contributed by atoms with van der Waals surface area (Å²) in [7, 11) is 10.9. The second kappa shape index (κ2) is 32.1. The van der Waals surface area contributed by atoms with Crippen LogP contribution < -0.4 is 42.6 Å². The molecule has 28 aliphatic rings. The summed E-state index contributed by atoms with van der Waals surface area (Å²) in [6.07, 6.45) is 31.6. The molecule has 10 fully saturated rings. The van der Waals surface area contributed by atoms with Gasteiger partial charge in [-0.1, -0.05) is 60.2 Å². The van der Waals surface area contributed by atoms with E-state index in [1.807, 2.05) is 55.6 Å². The quantitative estimate of drug-likeness (QED) is 0.0529. The van der Waals surface area contributed by atoms with Crippen LogP contribution in [-0.4, -0.2) is 314 Å². The fraction of sp³-hybridized carbons (Fsp3) is 0.529. The fourth-order valence-electron chi connectivity index (χ4n) is 34.3. The number of benzene rings is 6. The summed E-state index contributed by atoms with van der Waals surface area (Å²) < 4.78 is 64.4. The van der Waals surface area contributed by atoms with Gasteiger partial charge in [0.25, 0.3) is 0 Å². The van der Waals surface area contributed by atoms with Crippen molar-refractivity contribution in [2.45, 2.75) is 275 Å². The number of methoxy groups -OCH3 is 4. The second-order valence-corrected chi connectivity index (χ2v) is 47.9. The molecule has 150 heavy (non-hydrogen) atoms. The van der Waals surface area contributed by atoms with E-state index in [0.29, 0.717) is 117 Å². The first-order chi connectivity index (χ1) is 72.4. The minimum absolute atomic E-state index is 0.0430. The Labute approximate surface area is 867 Å². The van der Waals surface area contributed by atoms with Crippen LogP contribution in [0.1, 0.15) is 169 Å². The van der Waals surface area contributed by atoms with Gasteiger partial charge < -0.3 is 97.9 Å². The number of carbonyl (C=O) groups excluding carboxylic acids is 6. The molecule has 6 spiro atoms. The van der Waals surface area contributed by atoms with Gasteiger partial charge in [-0.3, -0.25) is 48.5 Å². The first-order valence-electron chi connectivity index (χ1n) is 54.3. The van der Waals surface area contributed by atoms with Gasteiger partial charge in [-0.25, -0.2) is 4.79 Å². The number of aromatic hydroxyl groups is 3. The average molecular weight is 2040 g/mol. The monoisotopic (exact) mass is 2040 g/mol. The van der Waals surface area contributed by atoms with Gasteiger partial charge >= 0.3 is 6.09 Å². The number of amides is 1. The molecule has 0 aromatic heterocycles. The number of ketones is 5. The first kappa shape index (κ1) is 94.1. The zero-order valence-electron chi connectivity index (χ0n) is 85.1. The molecule has 8 N–H and O–H groups in total. The Morgan fingerprint density at radius 3 is 1.25 bits per heavy atom. The predicted molar refractivity (Wildman–Crippen MR) is 540 cm³/mol. The van der Waals surface area contributed by atoms with E-state index in [0.717, 1.165) is 200 Å². The number of nitrogens with zero attached hydrogens (tertiary/aromatic N) is 6. The number of phenolic OH excluding ortho intramolecular Hbond substituents is 3. The van der Waals surface area contributed by atoms with Crippen LogP contribution in [0.3, 0.4) is 0 Å². The number of carbonyl (C=O) groups is 6. The van der Waals surface area contributed by atoms with E-state index in [9.17, 15) is 69.6 Å². The molecular weight excluding hydrogens is 1910 g/mol. The van der Waals surface area contributed by atoms with Crippen molar-refractivity contribution in [1.82, 2.24) is 29.4 Å². The third kappa shape index (κ3) is 12.0. The second-order valence-electron chi connectivity index (χ2n) is 47.9. The van der Waals surface area contributed by atoms with Gasteiger partial charge in [-0.15, -0.1) is 0 Å². The first-order valence-corrected chi connectivity index (χ1v) is 54.3. The number of allylic oxidation sites excluding steroid dienone is 4. The highest BCUT2D eigenvalue weighted by atomic mass is 16.6. The fourth-order valence-corrected chi connectivity index (χ4v) is 34.3. The Balaban J connectivity index is 0.0000000846. The molecule has 31 nitrogen and oxygen atoms in total. The van der Waals surface area contributed by atoms with Gasteiger partial charge in [0, 0.05) is 109 Å². The number of Topliss-reactive ketones (excluding diaryl/α,β-unsaturated/α-hetero) is 2. The Bertz CT molecular complexity index is 7100. The van der Waals surface area contributed by atoms with Crippen LogP contribution >= 0.6 is 0 Å². The molecule has 12 aliphatic heterocycles. The molecule has 6 aromatic rings. The average Bonchev–Trinajstić information content (AvgIpc) is 1.48. The minimum Gasteiger partial charge on any atom is -0.504 e. The lowest BCUT2D eigenvalue weighted by Crippen LogP contribution is -2.76. The lowest BCUT2D eigenvalue weighted by atomic mass is 9.49. The summed E-state index contributed by atoms with van der Waals surface area (Å²) in [5.74, 6) is 7.94. The predicted octanol–water partition coefficient (Wildman–Crippen LogP) is 9.18. The molecule has 0 radical (unpaired) electrons.